The molecule has 0 aliphatic heterocycles. The molecule has 0 unspecified atom stereocenters. The van der Waals surface area contributed by atoms with Gasteiger partial charge in [-0.05, 0) is 13.3 Å². The lowest BCUT2D eigenvalue weighted by molar-refractivity contribution is 0.399. The number of hydrogen-bond acceptors (Lipinski definition) is 1. The molecule has 4 heteroatoms. The van der Waals surface area contributed by atoms with Gasteiger partial charge < -0.3 is 5.11 Å². The Kier molecular flexibility index (Phi) is 2.50. The minimum Gasteiger partial charge on any atom is -0.505 e. The van der Waals surface area contributed by atoms with Crippen LogP contribution in [0, 0.1) is 24.4 Å². The van der Waals surface area contributed by atoms with Gasteiger partial charge in [0.25, 0.3) is 0 Å². The van der Waals surface area contributed by atoms with Gasteiger partial charge in [0.15, 0.2) is 23.2 Å². The van der Waals surface area contributed by atoms with Gasteiger partial charge in [-0.15, -0.1) is 0 Å². The molecule has 0 bridgehead atoms. The zero-order chi connectivity index (χ0) is 10.2. The zero-order valence-corrected chi connectivity index (χ0v) is 7.29. The Balaban J connectivity index is 3.56. The van der Waals surface area contributed by atoms with E-state index in [2.05, 4.69) is 0 Å². The molecule has 1 aromatic rings. The molecule has 13 heavy (non-hydrogen) atoms. The van der Waals surface area contributed by atoms with Gasteiger partial charge in [-0.1, -0.05) is 6.92 Å². The number of hydrogen-bond donors (Lipinski definition) is 1. The maximum atomic E-state index is 13.0. The summed E-state index contributed by atoms with van der Waals surface area (Å²) >= 11 is 0. The largest absolute Gasteiger partial charge is 0.505 e. The predicted octanol–water partition coefficient (Wildman–Crippen LogP) is 2.68. The number of benzene rings is 1. The molecule has 0 saturated heterocycles. The van der Waals surface area contributed by atoms with E-state index in [1.54, 1.807) is 0 Å². The van der Waals surface area contributed by atoms with Crippen LogP contribution in [0.4, 0.5) is 13.2 Å². The molecule has 1 aromatic carbocycles. The highest BCUT2D eigenvalue weighted by molar-refractivity contribution is 5.39. The number of phenols is 1. The molecule has 0 radical (unpaired) electrons. The first kappa shape index (κ1) is 9.89. The molecule has 0 atom stereocenters. The van der Waals surface area contributed by atoms with E-state index in [-0.39, 0.29) is 6.42 Å². The van der Waals surface area contributed by atoms with Gasteiger partial charge in [0, 0.05) is 11.1 Å². The van der Waals surface area contributed by atoms with E-state index in [1.807, 2.05) is 0 Å². The van der Waals surface area contributed by atoms with Crippen molar-refractivity contribution in [2.45, 2.75) is 20.3 Å². The summed E-state index contributed by atoms with van der Waals surface area (Å²) in [6.45, 7) is 2.60. The first-order chi connectivity index (χ1) is 6.00. The maximum Gasteiger partial charge on any atom is 0.171 e. The summed E-state index contributed by atoms with van der Waals surface area (Å²) in [7, 11) is 0. The molecule has 72 valence electrons. The summed E-state index contributed by atoms with van der Waals surface area (Å²) in [5, 5.41) is 9.04. The van der Waals surface area contributed by atoms with Crippen LogP contribution < -0.4 is 0 Å². The van der Waals surface area contributed by atoms with Crippen LogP contribution in [0.2, 0.25) is 0 Å². The van der Waals surface area contributed by atoms with Crippen molar-refractivity contribution in [2.24, 2.45) is 0 Å². The van der Waals surface area contributed by atoms with E-state index >= 15 is 0 Å². The van der Waals surface area contributed by atoms with Crippen molar-refractivity contribution in [1.29, 1.82) is 0 Å². The van der Waals surface area contributed by atoms with Crippen LogP contribution in [-0.2, 0) is 6.42 Å². The van der Waals surface area contributed by atoms with Crippen LogP contribution in [0.1, 0.15) is 18.1 Å². The quantitative estimate of drug-likeness (QED) is 0.675. The lowest BCUT2D eigenvalue weighted by Crippen LogP contribution is -2.01. The van der Waals surface area contributed by atoms with Crippen molar-refractivity contribution >= 4 is 0 Å². The fourth-order valence-corrected chi connectivity index (χ4v) is 1.12. The van der Waals surface area contributed by atoms with Crippen LogP contribution in [0.5, 0.6) is 5.75 Å². The van der Waals surface area contributed by atoms with Crippen LogP contribution in [0.3, 0.4) is 0 Å². The summed E-state index contributed by atoms with van der Waals surface area (Å²) in [6.07, 6.45) is 0.00241. The molecule has 1 rings (SSSR count). The minimum absolute atomic E-state index is 0.00241. The molecule has 0 spiro atoms. The minimum atomic E-state index is -1.21. The van der Waals surface area contributed by atoms with Crippen molar-refractivity contribution in [3.8, 4) is 5.75 Å². The standard InChI is InChI=1S/C9H9F3O/c1-3-5-7(11)6(10)4(2)9(13)8(5)12/h13H,3H2,1-2H3. The summed E-state index contributed by atoms with van der Waals surface area (Å²) in [5.41, 5.74) is -0.812. The van der Waals surface area contributed by atoms with E-state index in [9.17, 15) is 13.2 Å². The summed E-state index contributed by atoms with van der Waals surface area (Å²) < 4.78 is 38.9. The predicted molar refractivity (Wildman–Crippen MR) is 42.1 cm³/mol. The van der Waals surface area contributed by atoms with E-state index in [0.717, 1.165) is 6.92 Å². The Labute approximate surface area is 73.8 Å². The first-order valence-electron chi connectivity index (χ1n) is 3.85. The molecule has 0 aliphatic carbocycles. The molecule has 1 nitrogen and oxygen atoms in total. The highest BCUT2D eigenvalue weighted by Gasteiger charge is 2.20. The normalized spacial score (nSPS) is 10.5. The van der Waals surface area contributed by atoms with Gasteiger partial charge in [0.1, 0.15) is 0 Å². The fourth-order valence-electron chi connectivity index (χ4n) is 1.12. The second-order valence-corrected chi connectivity index (χ2v) is 2.75. The van der Waals surface area contributed by atoms with Gasteiger partial charge in [-0.2, -0.15) is 0 Å². The number of phenolic OH excluding ortho intramolecular Hbond substituents is 1. The lowest BCUT2D eigenvalue weighted by atomic mass is 10.1. The van der Waals surface area contributed by atoms with E-state index < -0.39 is 34.3 Å². The van der Waals surface area contributed by atoms with E-state index in [4.69, 9.17) is 5.11 Å². The zero-order valence-electron chi connectivity index (χ0n) is 7.29. The number of rotatable bonds is 1. The molecule has 0 heterocycles. The SMILES string of the molecule is CCc1c(F)c(O)c(C)c(F)c1F. The monoisotopic (exact) mass is 190 g/mol. The summed E-state index contributed by atoms with van der Waals surface area (Å²) in [6, 6.07) is 0. The smallest absolute Gasteiger partial charge is 0.171 e. The number of aromatic hydroxyl groups is 1. The summed E-state index contributed by atoms with van der Waals surface area (Å²) in [5.74, 6) is -4.28. The van der Waals surface area contributed by atoms with Gasteiger partial charge in [-0.25, -0.2) is 13.2 Å². The molecular formula is C9H9F3O. The van der Waals surface area contributed by atoms with Crippen molar-refractivity contribution in [3.05, 3.63) is 28.6 Å². The Morgan fingerprint density at radius 2 is 1.62 bits per heavy atom. The Morgan fingerprint density at radius 3 is 2.08 bits per heavy atom. The molecule has 0 fully saturated rings. The van der Waals surface area contributed by atoms with E-state index in [0.29, 0.717) is 0 Å². The Hall–Kier alpha value is -1.19. The van der Waals surface area contributed by atoms with Gasteiger partial charge in [0.05, 0.1) is 0 Å². The molecule has 1 N–H and O–H groups in total. The topological polar surface area (TPSA) is 20.2 Å². The van der Waals surface area contributed by atoms with Crippen LogP contribution in [-0.4, -0.2) is 5.11 Å². The fraction of sp³-hybridized carbons (Fsp3) is 0.333. The average Bonchev–Trinajstić information content (AvgIpc) is 2.13. The molecule has 0 aromatic heterocycles. The second kappa shape index (κ2) is 3.28. The second-order valence-electron chi connectivity index (χ2n) is 2.75. The van der Waals surface area contributed by atoms with Gasteiger partial charge in [0.2, 0.25) is 0 Å². The first-order valence-corrected chi connectivity index (χ1v) is 3.85. The third-order valence-corrected chi connectivity index (χ3v) is 1.97. The van der Waals surface area contributed by atoms with Crippen LogP contribution >= 0.6 is 0 Å². The molecular weight excluding hydrogens is 181 g/mol. The third-order valence-electron chi connectivity index (χ3n) is 1.97. The highest BCUT2D eigenvalue weighted by Crippen LogP contribution is 2.29. The van der Waals surface area contributed by atoms with Crippen molar-refractivity contribution in [2.75, 3.05) is 0 Å². The Bertz CT molecular complexity index is 318. The van der Waals surface area contributed by atoms with Gasteiger partial charge >= 0.3 is 0 Å². The summed E-state index contributed by atoms with van der Waals surface area (Å²) in [4.78, 5) is 0. The molecule has 0 aliphatic rings. The number of halogens is 3. The highest BCUT2D eigenvalue weighted by atomic mass is 19.2. The molecule has 0 amide bonds. The van der Waals surface area contributed by atoms with Crippen LogP contribution in [0.25, 0.3) is 0 Å². The van der Waals surface area contributed by atoms with Crippen molar-refractivity contribution in [3.63, 3.8) is 0 Å². The average molecular weight is 190 g/mol. The maximum absolute atomic E-state index is 13.0. The van der Waals surface area contributed by atoms with Crippen LogP contribution in [0.15, 0.2) is 0 Å². The third kappa shape index (κ3) is 1.36. The van der Waals surface area contributed by atoms with Crippen molar-refractivity contribution < 1.29 is 18.3 Å². The lowest BCUT2D eigenvalue weighted by Gasteiger charge is -2.08. The van der Waals surface area contributed by atoms with Crippen molar-refractivity contribution in [1.82, 2.24) is 0 Å². The van der Waals surface area contributed by atoms with Gasteiger partial charge in [-0.3, -0.25) is 0 Å². The van der Waals surface area contributed by atoms with E-state index in [1.165, 1.54) is 6.92 Å². The molecule has 0 saturated carbocycles. The Morgan fingerprint density at radius 1 is 1.08 bits per heavy atom.